The van der Waals surface area contributed by atoms with Gasteiger partial charge in [-0.2, -0.15) is 0 Å². The largest absolute Gasteiger partial charge is 0.258 e. The molecule has 0 aliphatic rings. The van der Waals surface area contributed by atoms with E-state index in [9.17, 15) is 0 Å². The van der Waals surface area contributed by atoms with E-state index in [1.807, 2.05) is 0 Å². The molecule has 1 aromatic heterocycles. The summed E-state index contributed by atoms with van der Waals surface area (Å²) in [6.45, 7) is 6.44. The van der Waals surface area contributed by atoms with Crippen molar-refractivity contribution in [1.82, 2.24) is 4.98 Å². The van der Waals surface area contributed by atoms with Crippen LogP contribution in [-0.2, 0) is 6.42 Å². The van der Waals surface area contributed by atoms with E-state index in [0.29, 0.717) is 0 Å². The van der Waals surface area contributed by atoms with Crippen LogP contribution in [-0.4, -0.2) is 4.98 Å². The molecule has 0 atom stereocenters. The number of hydrogen-bond acceptors (Lipinski definition) is 1. The molecule has 0 aliphatic carbocycles. The van der Waals surface area contributed by atoms with Crippen molar-refractivity contribution >= 4 is 0 Å². The molecule has 1 aromatic rings. The first kappa shape index (κ1) is 14.2. The van der Waals surface area contributed by atoms with E-state index in [4.69, 9.17) is 0 Å². The predicted molar refractivity (Wildman–Crippen MR) is 75.4 cm³/mol. The predicted octanol–water partition coefficient (Wildman–Crippen LogP) is 4.99. The second-order valence-electron chi connectivity index (χ2n) is 5.13. The second-order valence-corrected chi connectivity index (χ2v) is 5.13. The van der Waals surface area contributed by atoms with E-state index in [1.165, 1.54) is 56.9 Å². The first-order chi connectivity index (χ1) is 8.22. The van der Waals surface area contributed by atoms with E-state index in [0.717, 1.165) is 11.4 Å². The van der Waals surface area contributed by atoms with E-state index < -0.39 is 0 Å². The van der Waals surface area contributed by atoms with Crippen LogP contribution in [0.15, 0.2) is 12.1 Å². The van der Waals surface area contributed by atoms with Crippen molar-refractivity contribution in [3.63, 3.8) is 0 Å². The molecule has 0 fully saturated rings. The van der Waals surface area contributed by atoms with Gasteiger partial charge in [-0.3, -0.25) is 4.98 Å². The van der Waals surface area contributed by atoms with Gasteiger partial charge in [0.1, 0.15) is 0 Å². The summed E-state index contributed by atoms with van der Waals surface area (Å²) >= 11 is 0. The Hall–Kier alpha value is -0.850. The van der Waals surface area contributed by atoms with Gasteiger partial charge < -0.3 is 0 Å². The van der Waals surface area contributed by atoms with Crippen molar-refractivity contribution in [3.05, 3.63) is 29.1 Å². The molecule has 0 bridgehead atoms. The third-order valence-corrected chi connectivity index (χ3v) is 3.21. The van der Waals surface area contributed by atoms with Crippen molar-refractivity contribution in [2.75, 3.05) is 0 Å². The Morgan fingerprint density at radius 1 is 0.824 bits per heavy atom. The van der Waals surface area contributed by atoms with Crippen LogP contribution in [0.5, 0.6) is 0 Å². The lowest BCUT2D eigenvalue weighted by Crippen LogP contribution is -1.92. The number of hydrogen-bond donors (Lipinski definition) is 0. The van der Waals surface area contributed by atoms with Crippen LogP contribution in [0.1, 0.15) is 68.8 Å². The van der Waals surface area contributed by atoms with Crippen LogP contribution in [0.3, 0.4) is 0 Å². The molecule has 0 N–H and O–H groups in total. The second kappa shape index (κ2) is 8.27. The summed E-state index contributed by atoms with van der Waals surface area (Å²) < 4.78 is 0. The monoisotopic (exact) mass is 233 g/mol. The minimum Gasteiger partial charge on any atom is -0.258 e. The molecule has 1 rings (SSSR count). The molecular formula is C16H27N. The van der Waals surface area contributed by atoms with Crippen molar-refractivity contribution in [1.29, 1.82) is 0 Å². The number of nitrogens with zero attached hydrogens (tertiary/aromatic N) is 1. The van der Waals surface area contributed by atoms with Gasteiger partial charge in [-0.05, 0) is 44.4 Å². The average molecular weight is 233 g/mol. The molecule has 0 saturated carbocycles. The maximum absolute atomic E-state index is 4.41. The average Bonchev–Trinajstić information content (AvgIpc) is 2.26. The van der Waals surface area contributed by atoms with Gasteiger partial charge in [0, 0.05) is 11.4 Å². The molecule has 1 heteroatoms. The Morgan fingerprint density at radius 2 is 1.35 bits per heavy atom. The number of unbranched alkanes of at least 4 members (excludes halogenated alkanes) is 6. The summed E-state index contributed by atoms with van der Waals surface area (Å²) in [5, 5.41) is 0. The van der Waals surface area contributed by atoms with Gasteiger partial charge in [0.05, 0.1) is 0 Å². The Bertz CT molecular complexity index is 297. The van der Waals surface area contributed by atoms with Crippen LogP contribution >= 0.6 is 0 Å². The van der Waals surface area contributed by atoms with E-state index in [-0.39, 0.29) is 0 Å². The Morgan fingerprint density at radius 3 is 1.94 bits per heavy atom. The highest BCUT2D eigenvalue weighted by atomic mass is 14.7. The summed E-state index contributed by atoms with van der Waals surface area (Å²) in [5.74, 6) is 0. The molecule has 0 spiro atoms. The number of rotatable bonds is 8. The molecule has 0 saturated heterocycles. The normalized spacial score (nSPS) is 10.8. The quantitative estimate of drug-likeness (QED) is 0.576. The van der Waals surface area contributed by atoms with Crippen LogP contribution < -0.4 is 0 Å². The third kappa shape index (κ3) is 6.45. The maximum atomic E-state index is 4.41. The van der Waals surface area contributed by atoms with Gasteiger partial charge in [0.15, 0.2) is 0 Å². The van der Waals surface area contributed by atoms with Crippen molar-refractivity contribution in [2.24, 2.45) is 0 Å². The van der Waals surface area contributed by atoms with Gasteiger partial charge in [-0.1, -0.05) is 45.4 Å². The van der Waals surface area contributed by atoms with Crippen LogP contribution in [0.25, 0.3) is 0 Å². The summed E-state index contributed by atoms with van der Waals surface area (Å²) in [7, 11) is 0. The molecular weight excluding hydrogens is 206 g/mol. The van der Waals surface area contributed by atoms with Gasteiger partial charge in [0.2, 0.25) is 0 Å². The maximum Gasteiger partial charge on any atom is 0.0378 e. The lowest BCUT2D eigenvalue weighted by molar-refractivity contribution is 0.589. The molecule has 0 radical (unpaired) electrons. The zero-order valence-electron chi connectivity index (χ0n) is 11.8. The number of pyridine rings is 1. The number of aromatic nitrogens is 1. The van der Waals surface area contributed by atoms with E-state index >= 15 is 0 Å². The van der Waals surface area contributed by atoms with Crippen LogP contribution in [0.2, 0.25) is 0 Å². The Kier molecular flexibility index (Phi) is 6.91. The minimum atomic E-state index is 1.16. The fourth-order valence-electron chi connectivity index (χ4n) is 2.35. The highest BCUT2D eigenvalue weighted by Gasteiger charge is 1.97. The molecule has 0 aromatic carbocycles. The van der Waals surface area contributed by atoms with Crippen molar-refractivity contribution in [2.45, 2.75) is 72.1 Å². The van der Waals surface area contributed by atoms with Crippen molar-refractivity contribution in [3.8, 4) is 0 Å². The highest BCUT2D eigenvalue weighted by Crippen LogP contribution is 2.12. The third-order valence-electron chi connectivity index (χ3n) is 3.21. The van der Waals surface area contributed by atoms with Crippen LogP contribution in [0.4, 0.5) is 0 Å². The first-order valence-corrected chi connectivity index (χ1v) is 7.16. The molecule has 1 nitrogen and oxygen atoms in total. The van der Waals surface area contributed by atoms with Gasteiger partial charge in [-0.25, -0.2) is 0 Å². The fraction of sp³-hybridized carbons (Fsp3) is 0.688. The molecule has 0 amide bonds. The molecule has 17 heavy (non-hydrogen) atoms. The standard InChI is InChI=1S/C16H27N/c1-4-5-6-7-8-9-10-11-16-12-14(2)17-15(3)13-16/h12-13H,4-11H2,1-3H3. The minimum absolute atomic E-state index is 1.16. The summed E-state index contributed by atoms with van der Waals surface area (Å²) in [5.41, 5.74) is 3.77. The molecule has 0 unspecified atom stereocenters. The van der Waals surface area contributed by atoms with E-state index in [1.54, 1.807) is 0 Å². The lowest BCUT2D eigenvalue weighted by atomic mass is 10.0. The Balaban J connectivity index is 2.13. The lowest BCUT2D eigenvalue weighted by Gasteiger charge is -2.04. The van der Waals surface area contributed by atoms with Gasteiger partial charge in [-0.15, -0.1) is 0 Å². The SMILES string of the molecule is CCCCCCCCCc1cc(C)nc(C)c1. The summed E-state index contributed by atoms with van der Waals surface area (Å²) in [4.78, 5) is 4.41. The van der Waals surface area contributed by atoms with Gasteiger partial charge in [0.25, 0.3) is 0 Å². The summed E-state index contributed by atoms with van der Waals surface area (Å²) in [6, 6.07) is 4.45. The smallest absolute Gasteiger partial charge is 0.0378 e. The first-order valence-electron chi connectivity index (χ1n) is 7.16. The fourth-order valence-corrected chi connectivity index (χ4v) is 2.35. The van der Waals surface area contributed by atoms with E-state index in [2.05, 4.69) is 37.9 Å². The highest BCUT2D eigenvalue weighted by molar-refractivity contribution is 5.20. The van der Waals surface area contributed by atoms with Crippen LogP contribution in [0, 0.1) is 13.8 Å². The topological polar surface area (TPSA) is 12.9 Å². The molecule has 96 valence electrons. The van der Waals surface area contributed by atoms with Gasteiger partial charge >= 0.3 is 0 Å². The molecule has 0 aliphatic heterocycles. The van der Waals surface area contributed by atoms with Crippen molar-refractivity contribution < 1.29 is 0 Å². The summed E-state index contributed by atoms with van der Waals surface area (Å²) in [6.07, 6.45) is 10.9. The Labute approximate surface area is 107 Å². The zero-order valence-corrected chi connectivity index (χ0v) is 11.8. The number of aryl methyl sites for hydroxylation is 3. The molecule has 1 heterocycles. The zero-order chi connectivity index (χ0) is 12.5.